The summed E-state index contributed by atoms with van der Waals surface area (Å²) in [4.78, 5) is 34.7. The molecule has 0 unspecified atom stereocenters. The SMILES string of the molecule is NCC(CP(=O)(O)O)(CP(=O)(O)O)S(=O)(=O)O. The molecule has 0 saturated heterocycles. The van der Waals surface area contributed by atoms with E-state index >= 15 is 0 Å². The average Bonchev–Trinajstić information content (AvgIpc) is 1.95. The van der Waals surface area contributed by atoms with Gasteiger partial charge in [-0.1, -0.05) is 0 Å². The Morgan fingerprint density at radius 1 is 1.00 bits per heavy atom. The maximum Gasteiger partial charge on any atom is 0.327 e. The minimum absolute atomic E-state index is 1.04. The van der Waals surface area contributed by atoms with E-state index in [1.165, 1.54) is 0 Å². The molecule has 0 aliphatic carbocycles. The Hall–Kier alpha value is 0.170. The van der Waals surface area contributed by atoms with Crippen molar-refractivity contribution in [1.82, 2.24) is 0 Å². The molecule has 0 spiro atoms. The Bertz CT molecular complexity index is 435. The molecule has 7 N–H and O–H groups in total. The van der Waals surface area contributed by atoms with E-state index in [4.69, 9.17) is 29.9 Å². The lowest BCUT2D eigenvalue weighted by atomic mass is 10.2. The smallest absolute Gasteiger partial charge is 0.327 e. The molecule has 0 radical (unpaired) electrons. The van der Waals surface area contributed by atoms with Gasteiger partial charge in [0, 0.05) is 6.54 Å². The van der Waals surface area contributed by atoms with Gasteiger partial charge in [-0.25, -0.2) is 0 Å². The molecular formula is C4H13NO9P2S. The van der Waals surface area contributed by atoms with E-state index in [0.717, 1.165) is 0 Å². The maximum atomic E-state index is 11.0. The molecule has 0 bridgehead atoms. The molecule has 0 aliphatic rings. The van der Waals surface area contributed by atoms with Crippen molar-refractivity contribution in [3.63, 3.8) is 0 Å². The first-order chi connectivity index (χ1) is 7.22. The second-order valence-corrected chi connectivity index (χ2v) is 8.62. The van der Waals surface area contributed by atoms with E-state index in [9.17, 15) is 17.5 Å². The van der Waals surface area contributed by atoms with Crippen LogP contribution in [0.2, 0.25) is 0 Å². The lowest BCUT2D eigenvalue weighted by Crippen LogP contribution is -2.51. The lowest BCUT2D eigenvalue weighted by Gasteiger charge is -2.29. The third-order valence-electron chi connectivity index (χ3n) is 1.91. The number of rotatable bonds is 6. The van der Waals surface area contributed by atoms with E-state index < -0.39 is 48.9 Å². The Morgan fingerprint density at radius 2 is 1.29 bits per heavy atom. The molecule has 17 heavy (non-hydrogen) atoms. The van der Waals surface area contributed by atoms with Crippen molar-refractivity contribution in [2.45, 2.75) is 4.75 Å². The highest BCUT2D eigenvalue weighted by Gasteiger charge is 2.50. The first-order valence-electron chi connectivity index (χ1n) is 3.99. The molecule has 0 aromatic rings. The molecule has 0 amide bonds. The summed E-state index contributed by atoms with van der Waals surface area (Å²) in [7, 11) is -15.0. The fraction of sp³-hybridized carbons (Fsp3) is 1.00. The molecule has 0 aliphatic heterocycles. The van der Waals surface area contributed by atoms with Crippen LogP contribution in [-0.4, -0.2) is 56.2 Å². The zero-order valence-corrected chi connectivity index (χ0v) is 11.0. The van der Waals surface area contributed by atoms with Crippen LogP contribution >= 0.6 is 15.2 Å². The van der Waals surface area contributed by atoms with E-state index in [1.807, 2.05) is 0 Å². The highest BCUT2D eigenvalue weighted by atomic mass is 32.2. The molecule has 10 nitrogen and oxygen atoms in total. The molecule has 13 heteroatoms. The van der Waals surface area contributed by atoms with Crippen LogP contribution < -0.4 is 5.73 Å². The van der Waals surface area contributed by atoms with Crippen LogP contribution in [0.4, 0.5) is 0 Å². The zero-order valence-electron chi connectivity index (χ0n) is 8.37. The van der Waals surface area contributed by atoms with Gasteiger partial charge < -0.3 is 25.3 Å². The Morgan fingerprint density at radius 3 is 1.41 bits per heavy atom. The summed E-state index contributed by atoms with van der Waals surface area (Å²) in [5.74, 6) is 0. The van der Waals surface area contributed by atoms with Crippen LogP contribution in [0.15, 0.2) is 0 Å². The van der Waals surface area contributed by atoms with Gasteiger partial charge in [-0.15, -0.1) is 0 Å². The van der Waals surface area contributed by atoms with Crippen molar-refractivity contribution in [2.24, 2.45) is 5.73 Å². The van der Waals surface area contributed by atoms with Crippen molar-refractivity contribution in [1.29, 1.82) is 0 Å². The minimum Gasteiger partial charge on any atom is -0.329 e. The van der Waals surface area contributed by atoms with Gasteiger partial charge in [0.05, 0.1) is 12.3 Å². The molecule has 0 aromatic heterocycles. The zero-order chi connectivity index (χ0) is 14.1. The van der Waals surface area contributed by atoms with Crippen molar-refractivity contribution in [2.75, 3.05) is 18.9 Å². The highest BCUT2D eigenvalue weighted by Crippen LogP contribution is 2.47. The molecule has 0 rings (SSSR count). The van der Waals surface area contributed by atoms with E-state index in [2.05, 4.69) is 0 Å². The second-order valence-electron chi connectivity index (χ2n) is 3.51. The van der Waals surface area contributed by atoms with Crippen molar-refractivity contribution in [3.8, 4) is 0 Å². The van der Waals surface area contributed by atoms with Crippen molar-refractivity contribution >= 4 is 25.3 Å². The van der Waals surface area contributed by atoms with Crippen molar-refractivity contribution in [3.05, 3.63) is 0 Å². The topological polar surface area (TPSA) is 195 Å². The van der Waals surface area contributed by atoms with E-state index in [-0.39, 0.29) is 0 Å². The number of nitrogens with two attached hydrogens (primary N) is 1. The van der Waals surface area contributed by atoms with E-state index in [0.29, 0.717) is 0 Å². The molecule has 0 fully saturated rings. The molecule has 0 aromatic carbocycles. The first kappa shape index (κ1) is 17.2. The Labute approximate surface area is 96.9 Å². The van der Waals surface area contributed by atoms with Crippen LogP contribution in [0.1, 0.15) is 0 Å². The highest BCUT2D eigenvalue weighted by molar-refractivity contribution is 7.88. The first-order valence-corrected chi connectivity index (χ1v) is 9.02. The fourth-order valence-electron chi connectivity index (χ4n) is 1.20. The largest absolute Gasteiger partial charge is 0.329 e. The summed E-state index contributed by atoms with van der Waals surface area (Å²) in [6, 6.07) is 0. The monoisotopic (exact) mass is 313 g/mol. The third kappa shape index (κ3) is 5.56. The Balaban J connectivity index is 5.65. The summed E-state index contributed by atoms with van der Waals surface area (Å²) < 4.78 is 49.6. The van der Waals surface area contributed by atoms with E-state index in [1.54, 1.807) is 0 Å². The number of hydrogen-bond acceptors (Lipinski definition) is 5. The van der Waals surface area contributed by atoms with Crippen molar-refractivity contribution < 1.29 is 41.7 Å². The Kier molecular flexibility index (Phi) is 5.09. The lowest BCUT2D eigenvalue weighted by molar-refractivity contribution is 0.347. The maximum absolute atomic E-state index is 11.0. The normalized spacial score (nSPS) is 14.9. The predicted molar refractivity (Wildman–Crippen MR) is 57.2 cm³/mol. The summed E-state index contributed by atoms with van der Waals surface area (Å²) in [5.41, 5.74) is 4.98. The van der Waals surface area contributed by atoms with Gasteiger partial charge in [-0.05, 0) is 0 Å². The minimum atomic E-state index is -5.15. The van der Waals surface area contributed by atoms with Gasteiger partial charge in [0.2, 0.25) is 0 Å². The number of hydrogen-bond donors (Lipinski definition) is 6. The van der Waals surface area contributed by atoms with Crippen LogP contribution in [0.25, 0.3) is 0 Å². The van der Waals surface area contributed by atoms with Crippen LogP contribution in [-0.2, 0) is 19.2 Å². The van der Waals surface area contributed by atoms with Gasteiger partial charge >= 0.3 is 15.2 Å². The third-order valence-corrected chi connectivity index (χ3v) is 5.92. The standard InChI is InChI=1S/C4H13NO9P2S/c5-1-4(17(12,13)14,2-15(6,7)8)3-16(9,10)11/h1-3,5H2,(H2,6,7,8)(H2,9,10,11)(H,12,13,14). The van der Waals surface area contributed by atoms with Gasteiger partial charge in [-0.3, -0.25) is 13.7 Å². The molecule has 0 heterocycles. The fourth-order valence-corrected chi connectivity index (χ4v) is 5.88. The quantitative estimate of drug-likeness (QED) is 0.234. The van der Waals surface area contributed by atoms with Gasteiger partial charge in [0.1, 0.15) is 4.75 Å². The average molecular weight is 313 g/mol. The summed E-state index contributed by atoms with van der Waals surface area (Å²) in [6.07, 6.45) is -2.94. The van der Waals surface area contributed by atoms with Crippen LogP contribution in [0.3, 0.4) is 0 Å². The molecule has 104 valence electrons. The molecule has 0 saturated carbocycles. The van der Waals surface area contributed by atoms with Gasteiger partial charge in [-0.2, -0.15) is 8.42 Å². The summed E-state index contributed by atoms with van der Waals surface area (Å²) in [5, 5.41) is 0. The molecular weight excluding hydrogens is 300 g/mol. The van der Waals surface area contributed by atoms with Crippen LogP contribution in [0, 0.1) is 0 Å². The predicted octanol–water partition coefficient (Wildman–Crippen LogP) is -2.07. The second kappa shape index (κ2) is 5.04. The summed E-state index contributed by atoms with van der Waals surface area (Å²) >= 11 is 0. The van der Waals surface area contributed by atoms with Gasteiger partial charge in [0.15, 0.2) is 0 Å². The summed E-state index contributed by atoms with van der Waals surface area (Å²) in [6.45, 7) is -1.04. The molecule has 0 atom stereocenters. The van der Waals surface area contributed by atoms with Crippen LogP contribution in [0.5, 0.6) is 0 Å². The van der Waals surface area contributed by atoms with Gasteiger partial charge in [0.25, 0.3) is 10.1 Å².